The van der Waals surface area contributed by atoms with Gasteiger partial charge in [-0.15, -0.1) is 0 Å². The summed E-state index contributed by atoms with van der Waals surface area (Å²) >= 11 is 0. The number of ether oxygens (including phenoxy) is 1. The molecule has 0 saturated heterocycles. The number of amides is 2. The zero-order chi connectivity index (χ0) is 18.0. The Kier molecular flexibility index (Phi) is 4.70. The molecule has 1 heterocycles. The van der Waals surface area contributed by atoms with E-state index in [2.05, 4.69) is 5.32 Å². The number of nitrogens with one attached hydrogen (secondary N) is 1. The second kappa shape index (κ2) is 6.93. The highest BCUT2D eigenvalue weighted by Gasteiger charge is 2.23. The number of nitrogens with zero attached hydrogens (tertiary/aromatic N) is 1. The van der Waals surface area contributed by atoms with Crippen molar-refractivity contribution in [1.82, 2.24) is 0 Å². The van der Waals surface area contributed by atoms with Crippen LogP contribution < -0.4 is 15.0 Å². The summed E-state index contributed by atoms with van der Waals surface area (Å²) in [6.45, 7) is 3.83. The summed E-state index contributed by atoms with van der Waals surface area (Å²) in [4.78, 5) is 25.6. The van der Waals surface area contributed by atoms with Gasteiger partial charge in [0.15, 0.2) is 6.10 Å². The molecule has 0 spiro atoms. The van der Waals surface area contributed by atoms with Gasteiger partial charge in [0.2, 0.25) is 5.91 Å². The first kappa shape index (κ1) is 17.0. The zero-order valence-electron chi connectivity index (χ0n) is 14.1. The van der Waals surface area contributed by atoms with E-state index in [-0.39, 0.29) is 17.6 Å². The van der Waals surface area contributed by atoms with Crippen molar-refractivity contribution in [3.05, 3.63) is 53.8 Å². The number of fused-ring (bicyclic) bond motifs is 1. The molecule has 130 valence electrons. The Balaban J connectivity index is 1.65. The molecule has 6 heteroatoms. The molecule has 0 radical (unpaired) electrons. The fourth-order valence-electron chi connectivity index (χ4n) is 2.82. The van der Waals surface area contributed by atoms with Gasteiger partial charge < -0.3 is 15.0 Å². The minimum atomic E-state index is -0.729. The molecule has 0 unspecified atom stereocenters. The van der Waals surface area contributed by atoms with Crippen LogP contribution in [-0.4, -0.2) is 24.5 Å². The maximum atomic E-state index is 12.9. The fraction of sp³-hybridized carbons (Fsp3) is 0.263. The van der Waals surface area contributed by atoms with E-state index < -0.39 is 6.10 Å². The van der Waals surface area contributed by atoms with E-state index in [9.17, 15) is 14.0 Å². The second-order valence-electron chi connectivity index (χ2n) is 5.97. The van der Waals surface area contributed by atoms with Crippen LogP contribution in [0.15, 0.2) is 42.5 Å². The van der Waals surface area contributed by atoms with E-state index in [1.54, 1.807) is 24.8 Å². The highest BCUT2D eigenvalue weighted by atomic mass is 19.1. The van der Waals surface area contributed by atoms with Crippen LogP contribution in [0, 0.1) is 5.82 Å². The predicted molar refractivity (Wildman–Crippen MR) is 93.3 cm³/mol. The summed E-state index contributed by atoms with van der Waals surface area (Å²) in [5, 5.41) is 2.81. The van der Waals surface area contributed by atoms with Crippen LogP contribution in [0.2, 0.25) is 0 Å². The van der Waals surface area contributed by atoms with Gasteiger partial charge in [0.1, 0.15) is 11.6 Å². The van der Waals surface area contributed by atoms with Gasteiger partial charge in [0.05, 0.1) is 0 Å². The first-order chi connectivity index (χ1) is 11.9. The van der Waals surface area contributed by atoms with Gasteiger partial charge in [0, 0.05) is 24.8 Å². The lowest BCUT2D eigenvalue weighted by molar-refractivity contribution is -0.122. The summed E-state index contributed by atoms with van der Waals surface area (Å²) in [7, 11) is 0. The summed E-state index contributed by atoms with van der Waals surface area (Å²) in [5.74, 6) is -0.222. The fourth-order valence-corrected chi connectivity index (χ4v) is 2.82. The minimum Gasteiger partial charge on any atom is -0.481 e. The van der Waals surface area contributed by atoms with Gasteiger partial charge >= 0.3 is 0 Å². The minimum absolute atomic E-state index is 0.0110. The third-order valence-electron chi connectivity index (χ3n) is 4.12. The van der Waals surface area contributed by atoms with Crippen molar-refractivity contribution in [3.8, 4) is 5.75 Å². The van der Waals surface area contributed by atoms with Crippen molar-refractivity contribution in [2.75, 3.05) is 16.8 Å². The largest absolute Gasteiger partial charge is 0.481 e. The van der Waals surface area contributed by atoms with Crippen molar-refractivity contribution in [1.29, 1.82) is 0 Å². The second-order valence-corrected chi connectivity index (χ2v) is 5.97. The highest BCUT2D eigenvalue weighted by molar-refractivity contribution is 5.96. The molecule has 5 nitrogen and oxygen atoms in total. The number of carbonyl (C=O) groups is 2. The molecule has 3 rings (SSSR count). The summed E-state index contributed by atoms with van der Waals surface area (Å²) in [5.41, 5.74) is 2.57. The Bertz CT molecular complexity index is 805. The standard InChI is InChI=1S/C19H19FN2O3/c1-12(25-17-6-3-15(20)4-7-17)19(24)21-16-5-8-18-14(11-16)9-10-22(18)13(2)23/h3-8,11-12H,9-10H2,1-2H3,(H,21,24)/t12-/m0/s1. The lowest BCUT2D eigenvalue weighted by atomic mass is 10.1. The van der Waals surface area contributed by atoms with Crippen molar-refractivity contribution in [2.45, 2.75) is 26.4 Å². The zero-order valence-corrected chi connectivity index (χ0v) is 14.1. The predicted octanol–water partition coefficient (Wildman–Crippen LogP) is 3.14. The van der Waals surface area contributed by atoms with Crippen LogP contribution in [0.25, 0.3) is 0 Å². The molecular weight excluding hydrogens is 323 g/mol. The first-order valence-corrected chi connectivity index (χ1v) is 8.08. The average molecular weight is 342 g/mol. The number of rotatable bonds is 4. The number of hydrogen-bond acceptors (Lipinski definition) is 3. The van der Waals surface area contributed by atoms with E-state index in [1.807, 2.05) is 12.1 Å². The van der Waals surface area contributed by atoms with Crippen molar-refractivity contribution in [3.63, 3.8) is 0 Å². The summed E-state index contributed by atoms with van der Waals surface area (Å²) in [6.07, 6.45) is 0.0349. The molecule has 0 bridgehead atoms. The quantitative estimate of drug-likeness (QED) is 0.929. The molecule has 0 aromatic heterocycles. The topological polar surface area (TPSA) is 58.6 Å². The van der Waals surface area contributed by atoms with Crippen molar-refractivity contribution in [2.24, 2.45) is 0 Å². The van der Waals surface area contributed by atoms with Gasteiger partial charge in [-0.25, -0.2) is 4.39 Å². The number of benzene rings is 2. The molecule has 0 aliphatic carbocycles. The number of halogens is 1. The molecule has 0 saturated carbocycles. The smallest absolute Gasteiger partial charge is 0.265 e. The molecular formula is C19H19FN2O3. The molecule has 2 amide bonds. The number of carbonyl (C=O) groups excluding carboxylic acids is 2. The van der Waals surface area contributed by atoms with Gasteiger partial charge in [-0.05, 0) is 61.4 Å². The molecule has 1 aliphatic heterocycles. The Labute approximate surface area is 145 Å². The van der Waals surface area contributed by atoms with E-state index in [1.165, 1.54) is 24.3 Å². The third-order valence-corrected chi connectivity index (χ3v) is 4.12. The van der Waals surface area contributed by atoms with Crippen LogP contribution in [0.4, 0.5) is 15.8 Å². The van der Waals surface area contributed by atoms with Gasteiger partial charge in [0.25, 0.3) is 5.91 Å². The summed E-state index contributed by atoms with van der Waals surface area (Å²) in [6, 6.07) is 11.0. The Morgan fingerprint density at radius 3 is 2.60 bits per heavy atom. The normalized spacial score (nSPS) is 14.0. The number of anilines is 2. The van der Waals surface area contributed by atoms with Gasteiger partial charge in [-0.1, -0.05) is 0 Å². The molecule has 2 aromatic rings. The Hall–Kier alpha value is -2.89. The average Bonchev–Trinajstić information content (AvgIpc) is 3.00. The molecule has 25 heavy (non-hydrogen) atoms. The van der Waals surface area contributed by atoms with Gasteiger partial charge in [-0.2, -0.15) is 0 Å². The molecule has 1 atom stereocenters. The highest BCUT2D eigenvalue weighted by Crippen LogP contribution is 2.30. The summed E-state index contributed by atoms with van der Waals surface area (Å²) < 4.78 is 18.4. The number of hydrogen-bond donors (Lipinski definition) is 1. The molecule has 1 N–H and O–H groups in total. The van der Waals surface area contributed by atoms with Crippen molar-refractivity contribution < 1.29 is 18.7 Å². The van der Waals surface area contributed by atoms with E-state index in [0.717, 1.165) is 17.7 Å². The Morgan fingerprint density at radius 1 is 1.20 bits per heavy atom. The monoisotopic (exact) mass is 342 g/mol. The lowest BCUT2D eigenvalue weighted by Gasteiger charge is -2.16. The van der Waals surface area contributed by atoms with Crippen LogP contribution in [0.1, 0.15) is 19.4 Å². The maximum Gasteiger partial charge on any atom is 0.265 e. The van der Waals surface area contributed by atoms with Crippen LogP contribution in [0.5, 0.6) is 5.75 Å². The molecule has 2 aromatic carbocycles. The Morgan fingerprint density at radius 2 is 1.92 bits per heavy atom. The lowest BCUT2D eigenvalue weighted by Crippen LogP contribution is -2.30. The van der Waals surface area contributed by atoms with Gasteiger partial charge in [-0.3, -0.25) is 9.59 Å². The third kappa shape index (κ3) is 3.79. The van der Waals surface area contributed by atoms with Crippen LogP contribution in [-0.2, 0) is 16.0 Å². The van der Waals surface area contributed by atoms with E-state index >= 15 is 0 Å². The van der Waals surface area contributed by atoms with E-state index in [0.29, 0.717) is 18.0 Å². The SMILES string of the molecule is CC(=O)N1CCc2cc(NC(=O)[C@H](C)Oc3ccc(F)cc3)ccc21. The molecule has 1 aliphatic rings. The first-order valence-electron chi connectivity index (χ1n) is 8.08. The van der Waals surface area contributed by atoms with Crippen molar-refractivity contribution >= 4 is 23.2 Å². The molecule has 0 fully saturated rings. The van der Waals surface area contributed by atoms with Crippen LogP contribution in [0.3, 0.4) is 0 Å². The maximum absolute atomic E-state index is 12.9. The van der Waals surface area contributed by atoms with Crippen LogP contribution >= 0.6 is 0 Å². The van der Waals surface area contributed by atoms with E-state index in [4.69, 9.17) is 4.74 Å².